The molecule has 6 rings (SSSR count). The van der Waals surface area contributed by atoms with Crippen LogP contribution in [-0.2, 0) is 42.9 Å². The number of benzene rings is 2. The molecule has 57 heavy (non-hydrogen) atoms. The van der Waals surface area contributed by atoms with Crippen molar-refractivity contribution in [3.05, 3.63) is 82.9 Å². The summed E-state index contributed by atoms with van der Waals surface area (Å²) in [6.07, 6.45) is -10.2. The third kappa shape index (κ3) is 6.83. The first-order chi connectivity index (χ1) is 26.7. The summed E-state index contributed by atoms with van der Waals surface area (Å²) in [7, 11) is 0. The minimum Gasteiger partial charge on any atom is -0.456 e. The summed E-state index contributed by atoms with van der Waals surface area (Å²) in [6.45, 7) is 9.36. The molecule has 2 saturated carbocycles. The van der Waals surface area contributed by atoms with Gasteiger partial charge in [-0.2, -0.15) is 0 Å². The lowest BCUT2D eigenvalue weighted by Crippen LogP contribution is -2.82. The van der Waals surface area contributed by atoms with Crippen molar-refractivity contribution in [2.24, 2.45) is 16.7 Å². The van der Waals surface area contributed by atoms with E-state index in [-0.39, 0.29) is 35.3 Å². The Hall–Kier alpha value is -4.96. The maximum absolute atomic E-state index is 15.3. The lowest BCUT2D eigenvalue weighted by atomic mass is 9.44. The predicted molar refractivity (Wildman–Crippen MR) is 198 cm³/mol. The monoisotopic (exact) mass is 791 g/mol. The van der Waals surface area contributed by atoms with E-state index in [1.54, 1.807) is 62.4 Å². The van der Waals surface area contributed by atoms with E-state index in [1.807, 2.05) is 0 Å². The van der Waals surface area contributed by atoms with E-state index in [1.165, 1.54) is 32.9 Å². The number of esters is 4. The summed E-state index contributed by atoms with van der Waals surface area (Å²) in [5, 5.41) is 39.2. The van der Waals surface area contributed by atoms with Crippen LogP contribution in [0.5, 0.6) is 0 Å². The molecule has 1 saturated heterocycles. The molecule has 2 bridgehead atoms. The summed E-state index contributed by atoms with van der Waals surface area (Å²) in [5.41, 5.74) is -7.22. The standard InChI is InChI=1S/C42H49NO14/c1-21-27(55-38(51)31(47)22(2)43-36(49)25-14-10-8-11-15-25)19-42(52)35(56-37(50)26-16-12-9-13-17-26)33-40(7,28(46)18-29-41(33,20-53-29)57-24(4)45)34(48)32(54-23(3)44)30(21)39(42,5)6/h8-17,22,27-29,31-33,35,46-47,52H,18-20H2,1-7H3,(H,43,49)/t22-,27-,28-,29+,31+,32+,33-,35-,40+,41-,42+/m0/s1. The molecule has 4 aliphatic rings. The summed E-state index contributed by atoms with van der Waals surface area (Å²) < 4.78 is 29.9. The van der Waals surface area contributed by atoms with Gasteiger partial charge in [0.15, 0.2) is 23.6 Å². The zero-order chi connectivity index (χ0) is 41.8. The Labute approximate surface area is 329 Å². The summed E-state index contributed by atoms with van der Waals surface area (Å²) in [5.74, 6) is -6.73. The number of ether oxygens (including phenoxy) is 5. The molecule has 2 aromatic rings. The number of hydrogen-bond donors (Lipinski definition) is 4. The molecule has 2 aromatic carbocycles. The molecule has 15 nitrogen and oxygen atoms in total. The van der Waals surface area contributed by atoms with Crippen LogP contribution in [0.2, 0.25) is 0 Å². The highest BCUT2D eigenvalue weighted by Gasteiger charge is 2.78. The molecule has 1 heterocycles. The van der Waals surface area contributed by atoms with Gasteiger partial charge in [0.25, 0.3) is 5.91 Å². The van der Waals surface area contributed by atoms with E-state index in [2.05, 4.69) is 5.32 Å². The smallest absolute Gasteiger partial charge is 0.338 e. The SMILES string of the molecule is CC(=O)O[C@H]1C(=O)[C@@]2(C)[C@H]([C@H](OC(=O)c3ccccc3)[C@]3(O)C[C@H](OC(=O)[C@H](O)[C@H](C)NC(=O)c4ccccc4)C(C)=C1C3(C)C)[C@]1(OC(C)=O)CO[C@@H]1C[C@@H]2O. The average molecular weight is 792 g/mol. The van der Waals surface area contributed by atoms with Crippen molar-refractivity contribution in [2.75, 3.05) is 6.61 Å². The van der Waals surface area contributed by atoms with Gasteiger partial charge in [-0.3, -0.25) is 19.2 Å². The van der Waals surface area contributed by atoms with Gasteiger partial charge in [0.1, 0.15) is 23.9 Å². The quantitative estimate of drug-likeness (QED) is 0.163. The number of amides is 1. The Balaban J connectivity index is 1.51. The zero-order valence-corrected chi connectivity index (χ0v) is 32.8. The number of hydrogen-bond acceptors (Lipinski definition) is 14. The van der Waals surface area contributed by atoms with Gasteiger partial charge >= 0.3 is 23.9 Å². The second-order valence-corrected chi connectivity index (χ2v) is 16.3. The highest BCUT2D eigenvalue weighted by atomic mass is 16.6. The molecular formula is C42H49NO14. The van der Waals surface area contributed by atoms with Gasteiger partial charge in [-0.05, 0) is 56.2 Å². The number of nitrogens with one attached hydrogen (secondary N) is 1. The molecule has 3 fully saturated rings. The van der Waals surface area contributed by atoms with Crippen molar-refractivity contribution < 1.29 is 67.8 Å². The van der Waals surface area contributed by atoms with E-state index in [9.17, 15) is 39.3 Å². The van der Waals surface area contributed by atoms with Crippen molar-refractivity contribution in [2.45, 2.75) is 115 Å². The molecule has 0 unspecified atom stereocenters. The number of ketones is 1. The zero-order valence-electron chi connectivity index (χ0n) is 32.8. The highest BCUT2D eigenvalue weighted by Crippen LogP contribution is 2.64. The number of carbonyl (C=O) groups excluding carboxylic acids is 6. The van der Waals surface area contributed by atoms with Crippen LogP contribution in [0.3, 0.4) is 0 Å². The fraction of sp³-hybridized carbons (Fsp3) is 0.524. The predicted octanol–water partition coefficient (Wildman–Crippen LogP) is 2.38. The van der Waals surface area contributed by atoms with Gasteiger partial charge in [-0.1, -0.05) is 50.2 Å². The number of aliphatic hydroxyl groups excluding tert-OH is 2. The van der Waals surface area contributed by atoms with E-state index < -0.39 is 113 Å². The minimum atomic E-state index is -2.36. The Bertz CT molecular complexity index is 1980. The van der Waals surface area contributed by atoms with Crippen LogP contribution in [0, 0.1) is 16.7 Å². The first-order valence-electron chi connectivity index (χ1n) is 18.9. The number of aliphatic hydroxyl groups is 3. The van der Waals surface area contributed by atoms with Gasteiger partial charge in [0.05, 0.1) is 35.6 Å². The molecule has 15 heteroatoms. The second-order valence-electron chi connectivity index (χ2n) is 16.3. The lowest BCUT2D eigenvalue weighted by molar-refractivity contribution is -0.346. The Morgan fingerprint density at radius 1 is 0.895 bits per heavy atom. The van der Waals surface area contributed by atoms with Gasteiger partial charge in [-0.25, -0.2) is 9.59 Å². The summed E-state index contributed by atoms with van der Waals surface area (Å²) in [4.78, 5) is 81.8. The fourth-order valence-electron chi connectivity index (χ4n) is 9.39. The van der Waals surface area contributed by atoms with Crippen molar-refractivity contribution in [1.82, 2.24) is 5.32 Å². The van der Waals surface area contributed by atoms with E-state index in [0.717, 1.165) is 13.8 Å². The van der Waals surface area contributed by atoms with Crippen molar-refractivity contribution in [1.29, 1.82) is 0 Å². The Morgan fingerprint density at radius 3 is 2.04 bits per heavy atom. The highest BCUT2D eigenvalue weighted by molar-refractivity contribution is 5.96. The van der Waals surface area contributed by atoms with Crippen LogP contribution in [0.15, 0.2) is 71.8 Å². The molecule has 3 aliphatic carbocycles. The molecule has 4 N–H and O–H groups in total. The molecular weight excluding hydrogens is 742 g/mol. The third-order valence-corrected chi connectivity index (χ3v) is 12.6. The Kier molecular flexibility index (Phi) is 11.0. The largest absolute Gasteiger partial charge is 0.456 e. The number of carbonyl (C=O) groups is 6. The van der Waals surface area contributed by atoms with Gasteiger partial charge in [0.2, 0.25) is 0 Å². The van der Waals surface area contributed by atoms with Crippen LogP contribution in [-0.4, -0.2) is 111 Å². The molecule has 0 aromatic heterocycles. The van der Waals surface area contributed by atoms with E-state index in [4.69, 9.17) is 23.7 Å². The molecule has 1 amide bonds. The van der Waals surface area contributed by atoms with Crippen LogP contribution in [0.1, 0.15) is 82.0 Å². The number of fused-ring (bicyclic) bond motifs is 5. The molecule has 0 radical (unpaired) electrons. The maximum atomic E-state index is 15.3. The fourth-order valence-corrected chi connectivity index (χ4v) is 9.39. The van der Waals surface area contributed by atoms with Crippen LogP contribution in [0.25, 0.3) is 0 Å². The van der Waals surface area contributed by atoms with Gasteiger partial charge in [0, 0.05) is 37.7 Å². The van der Waals surface area contributed by atoms with Crippen molar-refractivity contribution in [3.63, 3.8) is 0 Å². The maximum Gasteiger partial charge on any atom is 0.338 e. The molecule has 1 aliphatic heterocycles. The minimum absolute atomic E-state index is 0.00956. The van der Waals surface area contributed by atoms with Crippen molar-refractivity contribution >= 4 is 35.6 Å². The Morgan fingerprint density at radius 2 is 1.49 bits per heavy atom. The second kappa shape index (κ2) is 15.1. The van der Waals surface area contributed by atoms with Gasteiger partial charge < -0.3 is 44.3 Å². The first kappa shape index (κ1) is 41.7. The van der Waals surface area contributed by atoms with Crippen LogP contribution >= 0.6 is 0 Å². The van der Waals surface area contributed by atoms with Crippen molar-refractivity contribution in [3.8, 4) is 0 Å². The lowest BCUT2D eigenvalue weighted by Gasteiger charge is -2.67. The average Bonchev–Trinajstić information content (AvgIpc) is 3.15. The number of Topliss-reactive ketones (excluding diaryl/α,β-unsaturated/α-hetero) is 1. The number of rotatable bonds is 9. The summed E-state index contributed by atoms with van der Waals surface area (Å²) in [6, 6.07) is 14.8. The normalized spacial score (nSPS) is 33.7. The van der Waals surface area contributed by atoms with Crippen LogP contribution in [0.4, 0.5) is 0 Å². The van der Waals surface area contributed by atoms with Crippen LogP contribution < -0.4 is 5.32 Å². The molecule has 306 valence electrons. The third-order valence-electron chi connectivity index (χ3n) is 12.6. The molecule has 11 atom stereocenters. The summed E-state index contributed by atoms with van der Waals surface area (Å²) >= 11 is 0. The molecule has 0 spiro atoms. The van der Waals surface area contributed by atoms with E-state index >= 15 is 4.79 Å². The van der Waals surface area contributed by atoms with E-state index in [0.29, 0.717) is 0 Å². The topological polar surface area (TPSA) is 221 Å². The van der Waals surface area contributed by atoms with Gasteiger partial charge in [-0.15, -0.1) is 0 Å². The first-order valence-corrected chi connectivity index (χ1v) is 18.9.